The molecule has 1 N–H and O–H groups in total. The van der Waals surface area contributed by atoms with Crippen molar-refractivity contribution in [1.82, 2.24) is 4.65 Å². The molecule has 1 aliphatic carbocycles. The van der Waals surface area contributed by atoms with E-state index in [2.05, 4.69) is 143 Å². The minimum Gasteiger partial charge on any atom is -0.352 e. The maximum atomic E-state index is 4.47. The van der Waals surface area contributed by atoms with E-state index in [-0.39, 0.29) is 9.70 Å². The molecule has 0 saturated carbocycles. The quantitative estimate of drug-likeness (QED) is 0.527. The van der Waals surface area contributed by atoms with Crippen LogP contribution in [-0.4, -0.2) is 24.5 Å². The number of nitrogens with one attached hydrogen (secondary N) is 1. The van der Waals surface area contributed by atoms with E-state index in [4.69, 9.17) is 0 Å². The summed E-state index contributed by atoms with van der Waals surface area (Å²) in [5, 5.41) is 3.26. The third kappa shape index (κ3) is 3.68. The number of allylic oxidation sites excluding steroid dienone is 4. The highest BCUT2D eigenvalue weighted by molar-refractivity contribution is 7.17. The van der Waals surface area contributed by atoms with E-state index in [1.807, 2.05) is 0 Å². The summed E-state index contributed by atoms with van der Waals surface area (Å²) in [6.07, 6.45) is 9.81. The molecule has 0 fully saturated rings. The molecule has 1 aliphatic rings. The van der Waals surface area contributed by atoms with Gasteiger partial charge in [0, 0.05) is 4.66 Å². The molecule has 0 aliphatic heterocycles. The van der Waals surface area contributed by atoms with E-state index in [0.717, 1.165) is 0 Å². The summed E-state index contributed by atoms with van der Waals surface area (Å²) in [4.78, 5) is 0. The lowest BCUT2D eigenvalue weighted by Gasteiger charge is -2.59. The summed E-state index contributed by atoms with van der Waals surface area (Å²) in [7, 11) is -5.97. The smallest absolute Gasteiger partial charge is 0.194 e. The van der Waals surface area contributed by atoms with E-state index in [1.165, 1.54) is 10.4 Å². The van der Waals surface area contributed by atoms with Crippen molar-refractivity contribution >= 4 is 34.9 Å². The first-order chi connectivity index (χ1) is 13.9. The van der Waals surface area contributed by atoms with E-state index in [1.54, 1.807) is 0 Å². The largest absolute Gasteiger partial charge is 0.352 e. The zero-order valence-corrected chi connectivity index (χ0v) is 23.1. The number of hydrogen-bond donors (Lipinski definition) is 1. The Labute approximate surface area is 187 Å². The third-order valence-corrected chi connectivity index (χ3v) is 25.0. The summed E-state index contributed by atoms with van der Waals surface area (Å²) in [6.45, 7) is 20.0. The Balaban J connectivity index is 2.50. The molecule has 0 spiro atoms. The van der Waals surface area contributed by atoms with Crippen LogP contribution in [0.1, 0.15) is 20.8 Å². The van der Waals surface area contributed by atoms with Crippen LogP contribution in [0.15, 0.2) is 85.0 Å². The monoisotopic (exact) mass is 449 g/mol. The van der Waals surface area contributed by atoms with Gasteiger partial charge in [-0.05, 0) is 15.4 Å². The van der Waals surface area contributed by atoms with E-state index >= 15 is 0 Å². The van der Waals surface area contributed by atoms with Crippen molar-refractivity contribution in [3.63, 3.8) is 0 Å². The lowest BCUT2D eigenvalue weighted by molar-refractivity contribution is 0.700. The van der Waals surface area contributed by atoms with Crippen molar-refractivity contribution in [2.75, 3.05) is 0 Å². The topological polar surface area (TPSA) is 12.0 Å². The van der Waals surface area contributed by atoms with Crippen molar-refractivity contribution in [1.29, 1.82) is 0 Å². The zero-order chi connectivity index (χ0) is 22.3. The predicted molar refractivity (Wildman–Crippen MR) is 143 cm³/mol. The highest BCUT2D eigenvalue weighted by Crippen LogP contribution is 2.58. The number of benzene rings is 2. The van der Waals surface area contributed by atoms with Gasteiger partial charge < -0.3 is 4.65 Å². The molecule has 0 aromatic heterocycles. The Morgan fingerprint density at radius 1 is 0.667 bits per heavy atom. The summed E-state index contributed by atoms with van der Waals surface area (Å²) >= 11 is 0. The van der Waals surface area contributed by atoms with E-state index in [0.29, 0.717) is 0 Å². The average molecular weight is 450 g/mol. The van der Waals surface area contributed by atoms with Gasteiger partial charge in [-0.1, -0.05) is 138 Å². The zero-order valence-electron chi connectivity index (χ0n) is 20.1. The van der Waals surface area contributed by atoms with Gasteiger partial charge in [0.15, 0.2) is 8.24 Å². The van der Waals surface area contributed by atoms with Crippen LogP contribution >= 0.6 is 0 Å². The molecule has 0 saturated heterocycles. The Hall–Kier alpha value is -1.47. The molecular weight excluding hydrogens is 411 g/mol. The summed E-state index contributed by atoms with van der Waals surface area (Å²) in [5.74, 6) is 0. The summed E-state index contributed by atoms with van der Waals surface area (Å²) < 4.78 is 4.52. The maximum Gasteiger partial charge on any atom is 0.194 e. The minimum absolute atomic E-state index is 0.0429. The van der Waals surface area contributed by atoms with Gasteiger partial charge in [-0.25, -0.2) is 0 Å². The molecule has 0 radical (unpaired) electrons. The molecule has 0 unspecified atom stereocenters. The van der Waals surface area contributed by atoms with Gasteiger partial charge in [-0.3, -0.25) is 0 Å². The molecule has 160 valence electrons. The second-order valence-corrected chi connectivity index (χ2v) is 26.4. The highest BCUT2D eigenvalue weighted by Gasteiger charge is 2.65. The average Bonchev–Trinajstić information content (AvgIpc) is 3.18. The molecular formula is C26H39NSi3. The van der Waals surface area contributed by atoms with Crippen molar-refractivity contribution in [2.24, 2.45) is 0 Å². The van der Waals surface area contributed by atoms with Crippen molar-refractivity contribution in [3.05, 3.63) is 85.0 Å². The summed E-state index contributed by atoms with van der Waals surface area (Å²) in [6, 6.07) is 22.8. The lowest BCUT2D eigenvalue weighted by atomic mass is 10.2. The first-order valence-electron chi connectivity index (χ1n) is 11.1. The minimum atomic E-state index is -2.45. The van der Waals surface area contributed by atoms with Gasteiger partial charge in [0.1, 0.15) is 8.24 Å². The normalized spacial score (nSPS) is 16.8. The number of hydrogen-bond acceptors (Lipinski definition) is 1. The molecule has 0 atom stereocenters. The van der Waals surface area contributed by atoms with Gasteiger partial charge in [0.25, 0.3) is 0 Å². The third-order valence-electron chi connectivity index (χ3n) is 7.34. The molecule has 0 bridgehead atoms. The van der Waals surface area contributed by atoms with Crippen LogP contribution in [0.3, 0.4) is 0 Å². The second-order valence-electron chi connectivity index (χ2n) is 11.3. The van der Waals surface area contributed by atoms with Crippen molar-refractivity contribution in [3.8, 4) is 0 Å². The van der Waals surface area contributed by atoms with Crippen LogP contribution < -0.4 is 15.0 Å². The summed E-state index contributed by atoms with van der Waals surface area (Å²) in [5.41, 5.74) is 0. The molecule has 30 heavy (non-hydrogen) atoms. The first kappa shape index (κ1) is 23.2. The van der Waals surface area contributed by atoms with Crippen LogP contribution in [-0.2, 0) is 0 Å². The van der Waals surface area contributed by atoms with Crippen molar-refractivity contribution < 1.29 is 0 Å². The maximum absolute atomic E-state index is 4.47. The highest BCUT2D eigenvalue weighted by atomic mass is 28.4. The fourth-order valence-electron chi connectivity index (χ4n) is 5.06. The fraction of sp³-hybridized carbons (Fsp3) is 0.385. The van der Waals surface area contributed by atoms with Crippen LogP contribution in [0, 0.1) is 0 Å². The standard InChI is InChI=1S/C26H39NSi3/c1-25(2,3)29(7,8)26(21-15-16-22-26)30(27-28(4,5)6,23-17-11-9-12-18-23)24-19-13-10-14-20-24/h9-22,27H,1-8H3. The Kier molecular flexibility index (Phi) is 6.11. The van der Waals surface area contributed by atoms with E-state index in [9.17, 15) is 0 Å². The molecule has 1 nitrogen and oxygen atoms in total. The van der Waals surface area contributed by atoms with Gasteiger partial charge in [-0.15, -0.1) is 0 Å². The van der Waals surface area contributed by atoms with Gasteiger partial charge in [0.05, 0.1) is 8.07 Å². The van der Waals surface area contributed by atoms with Crippen LogP contribution in [0.4, 0.5) is 0 Å². The van der Waals surface area contributed by atoms with Crippen LogP contribution in [0.25, 0.3) is 0 Å². The fourth-order valence-corrected chi connectivity index (χ4v) is 23.5. The molecule has 0 amide bonds. The Morgan fingerprint density at radius 2 is 1.07 bits per heavy atom. The Morgan fingerprint density at radius 3 is 1.40 bits per heavy atom. The molecule has 2 aromatic carbocycles. The van der Waals surface area contributed by atoms with E-state index < -0.39 is 24.5 Å². The van der Waals surface area contributed by atoms with Crippen LogP contribution in [0.2, 0.25) is 42.4 Å². The molecule has 4 heteroatoms. The second kappa shape index (κ2) is 7.90. The predicted octanol–water partition coefficient (Wildman–Crippen LogP) is 6.08. The first-order valence-corrected chi connectivity index (χ1v) is 19.6. The van der Waals surface area contributed by atoms with Crippen molar-refractivity contribution in [2.45, 2.75) is 63.2 Å². The molecule has 2 aromatic rings. The Bertz CT molecular complexity index is 865. The SMILES string of the molecule is CC(C)(C)[Si](C)(C)C1([Si](N[Si](C)(C)C)(c2ccccc2)c2ccccc2)C=CC=C1. The van der Waals surface area contributed by atoms with Crippen LogP contribution in [0.5, 0.6) is 0 Å². The van der Waals surface area contributed by atoms with Gasteiger partial charge in [0.2, 0.25) is 0 Å². The van der Waals surface area contributed by atoms with Gasteiger partial charge in [-0.2, -0.15) is 0 Å². The van der Waals surface area contributed by atoms with Gasteiger partial charge >= 0.3 is 0 Å². The number of rotatable bonds is 6. The molecule has 3 rings (SSSR count). The molecule has 0 heterocycles. The lowest BCUT2D eigenvalue weighted by Crippen LogP contribution is -2.83.